The molecule has 82 valence electrons. The minimum absolute atomic E-state index is 0.0797. The van der Waals surface area contributed by atoms with Crippen molar-refractivity contribution < 1.29 is 14.4 Å². The third kappa shape index (κ3) is 1.93. The van der Waals surface area contributed by atoms with E-state index in [1.54, 1.807) is 24.3 Å². The van der Waals surface area contributed by atoms with Gasteiger partial charge in [0.05, 0.1) is 0 Å². The van der Waals surface area contributed by atoms with Crippen molar-refractivity contribution >= 4 is 23.3 Å². The smallest absolute Gasteiger partial charge is 0.288 e. The molecule has 0 bridgehead atoms. The molecule has 1 aliphatic heterocycles. The second kappa shape index (κ2) is 4.14. The fourth-order valence-electron chi connectivity index (χ4n) is 1.50. The Kier molecular flexibility index (Phi) is 2.68. The van der Waals surface area contributed by atoms with Gasteiger partial charge in [-0.3, -0.25) is 14.4 Å². The van der Waals surface area contributed by atoms with Crippen molar-refractivity contribution in [3.8, 4) is 0 Å². The van der Waals surface area contributed by atoms with Gasteiger partial charge in [0.2, 0.25) is 11.7 Å². The maximum absolute atomic E-state index is 11.6. The number of rotatable bonds is 2. The lowest BCUT2D eigenvalue weighted by Gasteiger charge is -2.07. The van der Waals surface area contributed by atoms with E-state index in [4.69, 9.17) is 0 Å². The Hall–Kier alpha value is -2.17. The Morgan fingerprint density at radius 1 is 1.25 bits per heavy atom. The number of anilines is 1. The standard InChI is InChI=1S/C11H10N2O3/c14-9-8(6-12-11(9)16)10(15)13-7-4-2-1-3-5-7/h1-5,8H,6H2,(H,12,16)(H,13,15). The van der Waals surface area contributed by atoms with Gasteiger partial charge in [0, 0.05) is 12.2 Å². The number of para-hydroxylation sites is 1. The van der Waals surface area contributed by atoms with Crippen LogP contribution in [-0.4, -0.2) is 24.1 Å². The fourth-order valence-corrected chi connectivity index (χ4v) is 1.50. The van der Waals surface area contributed by atoms with Crippen molar-refractivity contribution in [2.24, 2.45) is 5.92 Å². The van der Waals surface area contributed by atoms with Gasteiger partial charge in [-0.2, -0.15) is 0 Å². The van der Waals surface area contributed by atoms with Crippen LogP contribution in [0.3, 0.4) is 0 Å². The van der Waals surface area contributed by atoms with E-state index < -0.39 is 23.5 Å². The average molecular weight is 218 g/mol. The van der Waals surface area contributed by atoms with E-state index in [-0.39, 0.29) is 6.54 Å². The van der Waals surface area contributed by atoms with Crippen LogP contribution in [0.2, 0.25) is 0 Å². The summed E-state index contributed by atoms with van der Waals surface area (Å²) in [6, 6.07) is 8.80. The molecule has 0 aliphatic carbocycles. The molecule has 0 aromatic heterocycles. The Bertz CT molecular complexity index is 442. The molecule has 1 unspecified atom stereocenters. The summed E-state index contributed by atoms with van der Waals surface area (Å²) in [5, 5.41) is 4.92. The topological polar surface area (TPSA) is 75.3 Å². The number of carbonyl (C=O) groups is 3. The summed E-state index contributed by atoms with van der Waals surface area (Å²) in [7, 11) is 0. The lowest BCUT2D eigenvalue weighted by Crippen LogP contribution is -2.29. The molecule has 0 spiro atoms. The second-order valence-electron chi connectivity index (χ2n) is 3.48. The van der Waals surface area contributed by atoms with E-state index in [1.165, 1.54) is 0 Å². The molecule has 1 aromatic rings. The van der Waals surface area contributed by atoms with Crippen LogP contribution >= 0.6 is 0 Å². The van der Waals surface area contributed by atoms with Crippen LogP contribution in [0.1, 0.15) is 0 Å². The first-order chi connectivity index (χ1) is 7.68. The molecule has 2 rings (SSSR count). The summed E-state index contributed by atoms with van der Waals surface area (Å²) in [6.45, 7) is 0.0797. The number of benzene rings is 1. The number of carbonyl (C=O) groups excluding carboxylic acids is 3. The van der Waals surface area contributed by atoms with E-state index in [1.807, 2.05) is 6.07 Å². The number of amides is 2. The highest BCUT2D eigenvalue weighted by atomic mass is 16.2. The Morgan fingerprint density at radius 3 is 2.50 bits per heavy atom. The highest BCUT2D eigenvalue weighted by Crippen LogP contribution is 2.10. The molecular weight excluding hydrogens is 208 g/mol. The number of hydrogen-bond acceptors (Lipinski definition) is 3. The lowest BCUT2D eigenvalue weighted by atomic mass is 10.1. The largest absolute Gasteiger partial charge is 0.348 e. The number of ketones is 1. The van der Waals surface area contributed by atoms with Crippen molar-refractivity contribution in [2.45, 2.75) is 0 Å². The average Bonchev–Trinajstić information content (AvgIpc) is 2.61. The van der Waals surface area contributed by atoms with Crippen molar-refractivity contribution in [3.05, 3.63) is 30.3 Å². The van der Waals surface area contributed by atoms with Crippen molar-refractivity contribution in [1.29, 1.82) is 0 Å². The van der Waals surface area contributed by atoms with Gasteiger partial charge in [-0.05, 0) is 12.1 Å². The summed E-state index contributed by atoms with van der Waals surface area (Å²) in [5.74, 6) is -2.72. The molecular formula is C11H10N2O3. The highest BCUT2D eigenvalue weighted by molar-refractivity contribution is 6.43. The number of nitrogens with one attached hydrogen (secondary N) is 2. The molecule has 1 aliphatic rings. The van der Waals surface area contributed by atoms with Crippen molar-refractivity contribution in [1.82, 2.24) is 5.32 Å². The minimum atomic E-state index is -0.910. The molecule has 16 heavy (non-hydrogen) atoms. The lowest BCUT2D eigenvalue weighted by molar-refractivity contribution is -0.138. The summed E-state index contributed by atoms with van der Waals surface area (Å²) >= 11 is 0. The van der Waals surface area contributed by atoms with Crippen LogP contribution in [0.5, 0.6) is 0 Å². The predicted octanol–water partition coefficient (Wildman–Crippen LogP) is -0.0598. The Morgan fingerprint density at radius 2 is 1.94 bits per heavy atom. The van der Waals surface area contributed by atoms with Crippen LogP contribution in [-0.2, 0) is 14.4 Å². The van der Waals surface area contributed by atoms with Gasteiger partial charge in [-0.15, -0.1) is 0 Å². The second-order valence-corrected chi connectivity index (χ2v) is 3.48. The van der Waals surface area contributed by atoms with Crippen LogP contribution in [0.25, 0.3) is 0 Å². The summed E-state index contributed by atoms with van der Waals surface area (Å²) in [6.07, 6.45) is 0. The molecule has 5 nitrogen and oxygen atoms in total. The Labute approximate surface area is 91.8 Å². The van der Waals surface area contributed by atoms with Gasteiger partial charge in [0.25, 0.3) is 5.91 Å². The van der Waals surface area contributed by atoms with E-state index in [9.17, 15) is 14.4 Å². The highest BCUT2D eigenvalue weighted by Gasteiger charge is 2.37. The summed E-state index contributed by atoms with van der Waals surface area (Å²) < 4.78 is 0. The first-order valence-corrected chi connectivity index (χ1v) is 4.86. The van der Waals surface area contributed by atoms with Crippen molar-refractivity contribution in [2.75, 3.05) is 11.9 Å². The van der Waals surface area contributed by atoms with Gasteiger partial charge in [0.1, 0.15) is 5.92 Å². The molecule has 1 fully saturated rings. The normalized spacial score (nSPS) is 19.4. The third-order valence-corrected chi connectivity index (χ3v) is 2.36. The zero-order valence-corrected chi connectivity index (χ0v) is 8.40. The third-order valence-electron chi connectivity index (χ3n) is 2.36. The molecule has 1 atom stereocenters. The summed E-state index contributed by atoms with van der Waals surface area (Å²) in [5.41, 5.74) is 0.611. The fraction of sp³-hybridized carbons (Fsp3) is 0.182. The van der Waals surface area contributed by atoms with Gasteiger partial charge >= 0.3 is 0 Å². The van der Waals surface area contributed by atoms with Gasteiger partial charge in [0.15, 0.2) is 0 Å². The van der Waals surface area contributed by atoms with Crippen LogP contribution in [0.15, 0.2) is 30.3 Å². The molecule has 2 amide bonds. The SMILES string of the molecule is O=C1NCC(C(=O)Nc2ccccc2)C1=O. The van der Waals surface area contributed by atoms with Gasteiger partial charge < -0.3 is 10.6 Å². The van der Waals surface area contributed by atoms with E-state index in [0.29, 0.717) is 5.69 Å². The Balaban J connectivity index is 2.05. The molecule has 0 saturated carbocycles. The predicted molar refractivity (Wildman–Crippen MR) is 56.6 cm³/mol. The first kappa shape index (κ1) is 10.4. The van der Waals surface area contributed by atoms with Gasteiger partial charge in [-0.1, -0.05) is 18.2 Å². The minimum Gasteiger partial charge on any atom is -0.348 e. The molecule has 2 N–H and O–H groups in total. The quantitative estimate of drug-likeness (QED) is 0.539. The molecule has 5 heteroatoms. The molecule has 1 heterocycles. The first-order valence-electron chi connectivity index (χ1n) is 4.86. The zero-order chi connectivity index (χ0) is 11.5. The van der Waals surface area contributed by atoms with Crippen LogP contribution in [0, 0.1) is 5.92 Å². The van der Waals surface area contributed by atoms with E-state index >= 15 is 0 Å². The maximum atomic E-state index is 11.6. The van der Waals surface area contributed by atoms with Crippen LogP contribution < -0.4 is 10.6 Å². The number of hydrogen-bond donors (Lipinski definition) is 2. The molecule has 1 aromatic carbocycles. The van der Waals surface area contributed by atoms with E-state index in [2.05, 4.69) is 10.6 Å². The van der Waals surface area contributed by atoms with Crippen LogP contribution in [0.4, 0.5) is 5.69 Å². The van der Waals surface area contributed by atoms with Crippen molar-refractivity contribution in [3.63, 3.8) is 0 Å². The molecule has 1 saturated heterocycles. The number of Topliss-reactive ketones (excluding diaryl/α,β-unsaturated/α-hetero) is 1. The van der Waals surface area contributed by atoms with Gasteiger partial charge in [-0.25, -0.2) is 0 Å². The summed E-state index contributed by atoms with van der Waals surface area (Å²) in [4.78, 5) is 33.8. The van der Waals surface area contributed by atoms with E-state index in [0.717, 1.165) is 0 Å². The monoisotopic (exact) mass is 218 g/mol. The maximum Gasteiger partial charge on any atom is 0.288 e. The molecule has 0 radical (unpaired) electrons. The zero-order valence-electron chi connectivity index (χ0n) is 8.40.